The van der Waals surface area contributed by atoms with Crippen LogP contribution in [0.5, 0.6) is 5.75 Å². The van der Waals surface area contributed by atoms with Crippen LogP contribution in [0.2, 0.25) is 5.02 Å². The molecule has 0 aliphatic rings. The van der Waals surface area contributed by atoms with Crippen LogP contribution in [0.15, 0.2) is 48.5 Å². The van der Waals surface area contributed by atoms with Crippen LogP contribution in [-0.2, 0) is 17.8 Å². The van der Waals surface area contributed by atoms with Crippen molar-refractivity contribution in [2.75, 3.05) is 13.2 Å². The van der Waals surface area contributed by atoms with Crippen molar-refractivity contribution in [1.29, 1.82) is 0 Å². The van der Waals surface area contributed by atoms with Crippen LogP contribution in [0.3, 0.4) is 0 Å². The first-order valence-electron chi connectivity index (χ1n) is 10.7. The van der Waals surface area contributed by atoms with E-state index in [2.05, 4.69) is 28.1 Å². The number of carbonyl (C=O) groups excluding carboxylic acids is 1. The van der Waals surface area contributed by atoms with Crippen molar-refractivity contribution in [3.05, 3.63) is 59.4 Å². The molecule has 0 saturated heterocycles. The van der Waals surface area contributed by atoms with E-state index in [-0.39, 0.29) is 5.91 Å². The highest BCUT2D eigenvalue weighted by molar-refractivity contribution is 6.32. The number of unbranched alkanes of at least 4 members (excludes halogenated alkanes) is 3. The van der Waals surface area contributed by atoms with Crippen molar-refractivity contribution in [1.82, 2.24) is 14.9 Å². The largest absolute Gasteiger partial charge is 0.492 e. The fourth-order valence-electron chi connectivity index (χ4n) is 3.53. The number of fused-ring (bicyclic) bond motifs is 1. The lowest BCUT2D eigenvalue weighted by Crippen LogP contribution is -2.20. The Bertz CT molecular complexity index is 955. The smallest absolute Gasteiger partial charge is 0.216 e. The topological polar surface area (TPSA) is 56.2 Å². The Morgan fingerprint density at radius 3 is 2.67 bits per heavy atom. The van der Waals surface area contributed by atoms with Gasteiger partial charge < -0.3 is 14.6 Å². The van der Waals surface area contributed by atoms with Crippen LogP contribution >= 0.6 is 11.6 Å². The summed E-state index contributed by atoms with van der Waals surface area (Å²) < 4.78 is 8.15. The minimum atomic E-state index is 0.0373. The van der Waals surface area contributed by atoms with Gasteiger partial charge in [0.05, 0.1) is 22.7 Å². The molecule has 3 rings (SSSR count). The quantitative estimate of drug-likeness (QED) is 0.394. The van der Waals surface area contributed by atoms with Gasteiger partial charge in [-0.15, -0.1) is 0 Å². The number of imidazole rings is 1. The Balaban J connectivity index is 1.50. The van der Waals surface area contributed by atoms with E-state index in [1.54, 1.807) is 6.92 Å². The molecule has 0 radical (unpaired) electrons. The highest BCUT2D eigenvalue weighted by Gasteiger charge is 2.10. The summed E-state index contributed by atoms with van der Waals surface area (Å²) in [5.74, 6) is 1.92. The summed E-state index contributed by atoms with van der Waals surface area (Å²) in [7, 11) is 0. The number of halogens is 1. The third kappa shape index (κ3) is 6.49. The minimum absolute atomic E-state index is 0.0373. The van der Waals surface area contributed by atoms with Crippen molar-refractivity contribution in [2.24, 2.45) is 0 Å². The molecule has 160 valence electrons. The van der Waals surface area contributed by atoms with Crippen LogP contribution in [0.25, 0.3) is 11.0 Å². The lowest BCUT2D eigenvalue weighted by molar-refractivity contribution is -0.118. The molecule has 0 spiro atoms. The summed E-state index contributed by atoms with van der Waals surface area (Å²) in [4.78, 5) is 15.8. The summed E-state index contributed by atoms with van der Waals surface area (Å²) in [5, 5.41) is 3.50. The van der Waals surface area contributed by atoms with E-state index in [0.29, 0.717) is 11.6 Å². The molecule has 2 aromatic carbocycles. The number of ether oxygens (including phenoxy) is 1. The number of carbonyl (C=O) groups is 1. The number of para-hydroxylation sites is 3. The van der Waals surface area contributed by atoms with Gasteiger partial charge in [-0.05, 0) is 49.9 Å². The molecule has 0 aliphatic heterocycles. The second kappa shape index (κ2) is 11.6. The van der Waals surface area contributed by atoms with Gasteiger partial charge in [-0.3, -0.25) is 4.79 Å². The summed E-state index contributed by atoms with van der Waals surface area (Å²) in [5.41, 5.74) is 2.25. The predicted molar refractivity (Wildman–Crippen MR) is 122 cm³/mol. The molecular weight excluding hydrogens is 398 g/mol. The van der Waals surface area contributed by atoms with Gasteiger partial charge in [-0.25, -0.2) is 4.98 Å². The normalized spacial score (nSPS) is 11.0. The second-order valence-corrected chi connectivity index (χ2v) is 7.86. The van der Waals surface area contributed by atoms with E-state index in [4.69, 9.17) is 21.3 Å². The van der Waals surface area contributed by atoms with Crippen LogP contribution in [0.1, 0.15) is 44.9 Å². The molecule has 5 nitrogen and oxygen atoms in total. The molecule has 0 unspecified atom stereocenters. The van der Waals surface area contributed by atoms with Gasteiger partial charge in [0.1, 0.15) is 11.6 Å². The molecule has 0 fully saturated rings. The van der Waals surface area contributed by atoms with Crippen LogP contribution in [-0.4, -0.2) is 28.6 Å². The van der Waals surface area contributed by atoms with E-state index < -0.39 is 0 Å². The lowest BCUT2D eigenvalue weighted by Gasteiger charge is -2.11. The Kier molecular flexibility index (Phi) is 8.57. The van der Waals surface area contributed by atoms with Crippen molar-refractivity contribution in [3.8, 4) is 5.75 Å². The number of aromatic nitrogens is 2. The number of nitrogens with zero attached hydrogens (tertiary/aromatic N) is 2. The van der Waals surface area contributed by atoms with Gasteiger partial charge in [-0.1, -0.05) is 42.3 Å². The molecule has 1 N–H and O–H groups in total. The predicted octanol–water partition coefficient (Wildman–Crippen LogP) is 5.40. The molecule has 0 atom stereocenters. The third-order valence-electron chi connectivity index (χ3n) is 5.05. The Hall–Kier alpha value is -2.53. The molecule has 0 saturated carbocycles. The summed E-state index contributed by atoms with van der Waals surface area (Å²) >= 11 is 6.14. The van der Waals surface area contributed by atoms with Crippen LogP contribution in [0.4, 0.5) is 0 Å². The van der Waals surface area contributed by atoms with Crippen molar-refractivity contribution >= 4 is 28.5 Å². The van der Waals surface area contributed by atoms with Gasteiger partial charge >= 0.3 is 0 Å². The molecule has 0 bridgehead atoms. The van der Waals surface area contributed by atoms with E-state index in [0.717, 1.165) is 68.7 Å². The first-order valence-corrected chi connectivity index (χ1v) is 11.1. The van der Waals surface area contributed by atoms with Crippen LogP contribution < -0.4 is 10.1 Å². The average Bonchev–Trinajstić information content (AvgIpc) is 3.09. The maximum Gasteiger partial charge on any atom is 0.216 e. The van der Waals surface area contributed by atoms with Crippen molar-refractivity contribution < 1.29 is 9.53 Å². The van der Waals surface area contributed by atoms with Gasteiger partial charge in [0, 0.05) is 26.4 Å². The zero-order valence-corrected chi connectivity index (χ0v) is 18.3. The molecule has 6 heteroatoms. The fraction of sp³-hybridized carbons (Fsp3) is 0.417. The zero-order chi connectivity index (χ0) is 21.2. The Labute approximate surface area is 183 Å². The molecule has 1 aromatic heterocycles. The fourth-order valence-corrected chi connectivity index (χ4v) is 3.72. The summed E-state index contributed by atoms with van der Waals surface area (Å²) in [6, 6.07) is 15.9. The Morgan fingerprint density at radius 2 is 1.83 bits per heavy atom. The SMILES string of the molecule is CC(=O)NCCCCCc1nc2ccccc2n1CCCCOc1ccccc1Cl. The minimum Gasteiger partial charge on any atom is -0.492 e. The lowest BCUT2D eigenvalue weighted by atomic mass is 10.2. The van der Waals surface area contributed by atoms with E-state index in [1.165, 1.54) is 5.52 Å². The number of hydrogen-bond donors (Lipinski definition) is 1. The molecule has 30 heavy (non-hydrogen) atoms. The first kappa shape index (κ1) is 22.2. The maximum absolute atomic E-state index is 10.9. The average molecular weight is 428 g/mol. The number of benzene rings is 2. The number of hydrogen-bond acceptors (Lipinski definition) is 3. The number of nitrogens with one attached hydrogen (secondary N) is 1. The number of rotatable bonds is 12. The van der Waals surface area contributed by atoms with Gasteiger partial charge in [0.2, 0.25) is 5.91 Å². The third-order valence-corrected chi connectivity index (χ3v) is 5.37. The summed E-state index contributed by atoms with van der Waals surface area (Å²) in [6.07, 6.45) is 6.06. The molecule has 3 aromatic rings. The van der Waals surface area contributed by atoms with E-state index in [1.807, 2.05) is 30.3 Å². The molecule has 1 amide bonds. The van der Waals surface area contributed by atoms with E-state index in [9.17, 15) is 4.79 Å². The number of aryl methyl sites for hydroxylation is 2. The summed E-state index contributed by atoms with van der Waals surface area (Å²) in [6.45, 7) is 3.88. The molecule has 0 aliphatic carbocycles. The maximum atomic E-state index is 10.9. The van der Waals surface area contributed by atoms with E-state index >= 15 is 0 Å². The molecular formula is C24H30ClN3O2. The van der Waals surface area contributed by atoms with Crippen LogP contribution in [0, 0.1) is 0 Å². The monoisotopic (exact) mass is 427 g/mol. The standard InChI is InChI=1S/C24H30ClN3O2/c1-19(29)26-16-8-2-3-15-24-27-21-12-5-6-13-22(21)28(24)17-9-10-18-30-23-14-7-4-11-20(23)25/h4-7,11-14H,2-3,8-10,15-18H2,1H3,(H,26,29). The van der Waals surface area contributed by atoms with Gasteiger partial charge in [0.15, 0.2) is 0 Å². The van der Waals surface area contributed by atoms with Gasteiger partial charge in [-0.2, -0.15) is 0 Å². The number of amides is 1. The highest BCUT2D eigenvalue weighted by atomic mass is 35.5. The Morgan fingerprint density at radius 1 is 1.03 bits per heavy atom. The second-order valence-electron chi connectivity index (χ2n) is 7.45. The molecule has 1 heterocycles. The zero-order valence-electron chi connectivity index (χ0n) is 17.6. The highest BCUT2D eigenvalue weighted by Crippen LogP contribution is 2.23. The van der Waals surface area contributed by atoms with Crippen molar-refractivity contribution in [3.63, 3.8) is 0 Å². The van der Waals surface area contributed by atoms with Crippen molar-refractivity contribution in [2.45, 2.75) is 52.0 Å². The first-order chi connectivity index (χ1) is 14.6. The van der Waals surface area contributed by atoms with Gasteiger partial charge in [0.25, 0.3) is 0 Å².